The second-order valence-corrected chi connectivity index (χ2v) is 6.76. The number of benzene rings is 2. The molecule has 28 heavy (non-hydrogen) atoms. The summed E-state index contributed by atoms with van der Waals surface area (Å²) in [5.41, 5.74) is 2.33. The summed E-state index contributed by atoms with van der Waals surface area (Å²) in [5, 5.41) is 4.53. The first kappa shape index (κ1) is 18.1. The fourth-order valence-corrected chi connectivity index (χ4v) is 3.69. The van der Waals surface area contributed by atoms with Crippen molar-refractivity contribution in [1.82, 2.24) is 14.7 Å². The molecule has 144 valence electrons. The van der Waals surface area contributed by atoms with Gasteiger partial charge in [0.05, 0.1) is 32.1 Å². The molecule has 2 aromatic carbocycles. The van der Waals surface area contributed by atoms with E-state index < -0.39 is 0 Å². The van der Waals surface area contributed by atoms with Crippen LogP contribution < -0.4 is 9.47 Å². The summed E-state index contributed by atoms with van der Waals surface area (Å²) in [6, 6.07) is 17.6. The fourth-order valence-electron chi connectivity index (χ4n) is 3.69. The lowest BCUT2D eigenvalue weighted by atomic mass is 10.0. The zero-order valence-corrected chi connectivity index (χ0v) is 16.0. The number of rotatable bonds is 5. The summed E-state index contributed by atoms with van der Waals surface area (Å²) >= 11 is 0. The lowest BCUT2D eigenvalue weighted by Crippen LogP contribution is -2.31. The topological polar surface area (TPSA) is 56.6 Å². The van der Waals surface area contributed by atoms with Gasteiger partial charge in [-0.2, -0.15) is 5.10 Å². The van der Waals surface area contributed by atoms with E-state index in [1.54, 1.807) is 25.1 Å². The number of aromatic nitrogens is 2. The monoisotopic (exact) mass is 377 g/mol. The smallest absolute Gasteiger partial charge is 0.278 e. The van der Waals surface area contributed by atoms with Gasteiger partial charge in [0.15, 0.2) is 11.4 Å². The van der Waals surface area contributed by atoms with E-state index in [0.29, 0.717) is 18.0 Å². The molecule has 1 aromatic heterocycles. The van der Waals surface area contributed by atoms with Gasteiger partial charge in [-0.15, -0.1) is 0 Å². The Morgan fingerprint density at radius 1 is 1.04 bits per heavy atom. The molecular weight excluding hydrogens is 354 g/mol. The van der Waals surface area contributed by atoms with E-state index in [9.17, 15) is 4.79 Å². The fraction of sp³-hybridized carbons (Fsp3) is 0.273. The zero-order valence-electron chi connectivity index (χ0n) is 16.0. The largest absolute Gasteiger partial charge is 0.497 e. The van der Waals surface area contributed by atoms with Gasteiger partial charge in [-0.3, -0.25) is 4.79 Å². The summed E-state index contributed by atoms with van der Waals surface area (Å²) in [6.07, 6.45) is 3.64. The van der Waals surface area contributed by atoms with Crippen LogP contribution in [0.2, 0.25) is 0 Å². The van der Waals surface area contributed by atoms with Crippen molar-refractivity contribution >= 4 is 5.91 Å². The van der Waals surface area contributed by atoms with E-state index in [1.807, 2.05) is 59.5 Å². The molecule has 0 unspecified atom stereocenters. The van der Waals surface area contributed by atoms with E-state index in [2.05, 4.69) is 5.10 Å². The number of amides is 1. The Morgan fingerprint density at radius 2 is 1.79 bits per heavy atom. The molecule has 2 heterocycles. The number of carbonyl (C=O) groups is 1. The van der Waals surface area contributed by atoms with Gasteiger partial charge in [-0.1, -0.05) is 30.3 Å². The molecule has 1 fully saturated rings. The molecule has 1 aliphatic rings. The number of para-hydroxylation sites is 1. The Morgan fingerprint density at radius 3 is 2.46 bits per heavy atom. The maximum atomic E-state index is 13.3. The molecule has 3 aromatic rings. The Hall–Kier alpha value is -3.28. The van der Waals surface area contributed by atoms with Crippen molar-refractivity contribution in [3.63, 3.8) is 0 Å². The standard InChI is InChI=1S/C22H23N3O3/c1-27-18-12-10-16(11-13-18)19-9-6-14-24(19)22(26)21-20(28-2)15-25(23-21)17-7-4-3-5-8-17/h3-5,7-8,10-13,15,19H,6,9,14H2,1-2H3/t19-/m1/s1. The van der Waals surface area contributed by atoms with Crippen LogP contribution in [0.5, 0.6) is 11.5 Å². The molecule has 0 spiro atoms. The van der Waals surface area contributed by atoms with E-state index in [4.69, 9.17) is 9.47 Å². The van der Waals surface area contributed by atoms with Crippen LogP contribution in [0.1, 0.15) is 34.9 Å². The van der Waals surface area contributed by atoms with Gasteiger partial charge in [0, 0.05) is 6.54 Å². The lowest BCUT2D eigenvalue weighted by molar-refractivity contribution is 0.0726. The van der Waals surface area contributed by atoms with Crippen molar-refractivity contribution < 1.29 is 14.3 Å². The van der Waals surface area contributed by atoms with Gasteiger partial charge in [-0.25, -0.2) is 4.68 Å². The van der Waals surface area contributed by atoms with Crippen LogP contribution in [0.4, 0.5) is 0 Å². The van der Waals surface area contributed by atoms with Gasteiger partial charge in [0.25, 0.3) is 5.91 Å². The number of carbonyl (C=O) groups excluding carboxylic acids is 1. The molecule has 6 nitrogen and oxygen atoms in total. The number of methoxy groups -OCH3 is 2. The summed E-state index contributed by atoms with van der Waals surface area (Å²) in [4.78, 5) is 15.2. The SMILES string of the molecule is COc1ccc([C@H]2CCCN2C(=O)c2nn(-c3ccccc3)cc2OC)cc1. The molecule has 1 atom stereocenters. The first-order valence-corrected chi connectivity index (χ1v) is 9.35. The molecule has 1 saturated heterocycles. The van der Waals surface area contributed by atoms with Gasteiger partial charge in [-0.05, 0) is 42.7 Å². The van der Waals surface area contributed by atoms with Crippen molar-refractivity contribution in [2.24, 2.45) is 0 Å². The molecule has 0 aliphatic carbocycles. The number of nitrogens with zero attached hydrogens (tertiary/aromatic N) is 3. The molecule has 4 rings (SSSR count). The van der Waals surface area contributed by atoms with Gasteiger partial charge < -0.3 is 14.4 Å². The highest BCUT2D eigenvalue weighted by atomic mass is 16.5. The van der Waals surface area contributed by atoms with Crippen molar-refractivity contribution in [1.29, 1.82) is 0 Å². The van der Waals surface area contributed by atoms with Crippen LogP contribution in [0.15, 0.2) is 60.8 Å². The Labute approximate surface area is 164 Å². The van der Waals surface area contributed by atoms with Crippen LogP contribution in [0.25, 0.3) is 5.69 Å². The first-order chi connectivity index (χ1) is 13.7. The van der Waals surface area contributed by atoms with Crippen LogP contribution in [0, 0.1) is 0 Å². The average Bonchev–Trinajstić information content (AvgIpc) is 3.41. The van der Waals surface area contributed by atoms with Gasteiger partial charge in [0.1, 0.15) is 5.75 Å². The highest BCUT2D eigenvalue weighted by Gasteiger charge is 2.33. The summed E-state index contributed by atoms with van der Waals surface area (Å²) in [6.45, 7) is 0.705. The third-order valence-corrected chi connectivity index (χ3v) is 5.14. The van der Waals surface area contributed by atoms with E-state index in [1.165, 1.54) is 0 Å². The second kappa shape index (κ2) is 7.76. The van der Waals surface area contributed by atoms with E-state index >= 15 is 0 Å². The quantitative estimate of drug-likeness (QED) is 0.677. The summed E-state index contributed by atoms with van der Waals surface area (Å²) in [5.74, 6) is 1.18. The molecular formula is C22H23N3O3. The van der Waals surface area contributed by atoms with Crippen LogP contribution in [-0.4, -0.2) is 41.4 Å². The maximum Gasteiger partial charge on any atom is 0.278 e. The number of ether oxygens (including phenoxy) is 2. The van der Waals surface area contributed by atoms with Crippen molar-refractivity contribution in [3.05, 3.63) is 72.1 Å². The van der Waals surface area contributed by atoms with E-state index in [0.717, 1.165) is 29.8 Å². The van der Waals surface area contributed by atoms with Crippen LogP contribution in [0.3, 0.4) is 0 Å². The number of likely N-dealkylation sites (tertiary alicyclic amines) is 1. The highest BCUT2D eigenvalue weighted by Crippen LogP contribution is 2.35. The number of hydrogen-bond donors (Lipinski definition) is 0. The highest BCUT2D eigenvalue weighted by molar-refractivity contribution is 5.95. The zero-order chi connectivity index (χ0) is 19.5. The normalized spacial score (nSPS) is 16.2. The Balaban J connectivity index is 1.63. The van der Waals surface area contributed by atoms with Crippen molar-refractivity contribution in [2.75, 3.05) is 20.8 Å². The Kier molecular flexibility index (Phi) is 5.02. The molecule has 0 bridgehead atoms. The molecule has 0 N–H and O–H groups in total. The minimum Gasteiger partial charge on any atom is -0.497 e. The predicted octanol–water partition coefficient (Wildman–Crippen LogP) is 3.87. The van der Waals surface area contributed by atoms with Gasteiger partial charge >= 0.3 is 0 Å². The van der Waals surface area contributed by atoms with E-state index in [-0.39, 0.29) is 11.9 Å². The first-order valence-electron chi connectivity index (χ1n) is 9.35. The summed E-state index contributed by atoms with van der Waals surface area (Å²) in [7, 11) is 3.21. The molecule has 0 radical (unpaired) electrons. The third-order valence-electron chi connectivity index (χ3n) is 5.14. The number of hydrogen-bond acceptors (Lipinski definition) is 4. The Bertz CT molecular complexity index is 951. The van der Waals surface area contributed by atoms with Crippen LogP contribution in [-0.2, 0) is 0 Å². The molecule has 1 amide bonds. The predicted molar refractivity (Wildman–Crippen MR) is 106 cm³/mol. The minimum absolute atomic E-state index is 0.0324. The molecule has 0 saturated carbocycles. The van der Waals surface area contributed by atoms with Crippen molar-refractivity contribution in [3.8, 4) is 17.2 Å². The van der Waals surface area contributed by atoms with Gasteiger partial charge in [0.2, 0.25) is 0 Å². The molecule has 1 aliphatic heterocycles. The average molecular weight is 377 g/mol. The third kappa shape index (κ3) is 3.33. The lowest BCUT2D eigenvalue weighted by Gasteiger charge is -2.24. The second-order valence-electron chi connectivity index (χ2n) is 6.76. The molecule has 6 heteroatoms. The minimum atomic E-state index is -0.107. The maximum absolute atomic E-state index is 13.3. The summed E-state index contributed by atoms with van der Waals surface area (Å²) < 4.78 is 12.4. The van der Waals surface area contributed by atoms with Crippen molar-refractivity contribution in [2.45, 2.75) is 18.9 Å². The van der Waals surface area contributed by atoms with Crippen LogP contribution >= 0.6 is 0 Å².